The lowest BCUT2D eigenvalue weighted by atomic mass is 10.1. The molecule has 2 rings (SSSR count). The van der Waals surface area contributed by atoms with Gasteiger partial charge in [-0.15, -0.1) is 0 Å². The number of phenols is 1. The Morgan fingerprint density at radius 3 is 2.60 bits per heavy atom. The average molecular weight is 336 g/mol. The smallest absolute Gasteiger partial charge is 0.259 e. The van der Waals surface area contributed by atoms with Crippen LogP contribution in [-0.2, 0) is 0 Å². The number of ether oxygens (including phenoxy) is 1. The molecule has 5 heteroatoms. The molecule has 0 saturated heterocycles. The highest BCUT2D eigenvalue weighted by Crippen LogP contribution is 2.28. The summed E-state index contributed by atoms with van der Waals surface area (Å²) in [5, 5.41) is 12.5. The Bertz CT molecular complexity index is 656. The number of aryl methyl sites for hydroxylation is 1. The van der Waals surface area contributed by atoms with Gasteiger partial charge >= 0.3 is 0 Å². The van der Waals surface area contributed by atoms with Crippen LogP contribution in [0.15, 0.2) is 40.9 Å². The van der Waals surface area contributed by atoms with Crippen LogP contribution in [0.2, 0.25) is 0 Å². The summed E-state index contributed by atoms with van der Waals surface area (Å²) in [5.74, 6) is 0.288. The molecule has 104 valence electrons. The molecule has 0 aliphatic heterocycles. The maximum Gasteiger partial charge on any atom is 0.259 e. The highest BCUT2D eigenvalue weighted by atomic mass is 79.9. The standard InChI is InChI=1S/C15H14BrNO3/c1-9-3-5-11(13(18)7-9)15(19)17-10-4-6-14(20-2)12(16)8-10/h3-8,18H,1-2H3,(H,17,19). The van der Waals surface area contributed by atoms with Gasteiger partial charge in [-0.2, -0.15) is 0 Å². The second-order valence-corrected chi connectivity index (χ2v) is 5.18. The number of anilines is 1. The Morgan fingerprint density at radius 1 is 1.25 bits per heavy atom. The highest BCUT2D eigenvalue weighted by molar-refractivity contribution is 9.10. The number of hydrogen-bond donors (Lipinski definition) is 2. The van der Waals surface area contributed by atoms with Crippen molar-refractivity contribution in [1.82, 2.24) is 0 Å². The molecule has 0 bridgehead atoms. The maximum atomic E-state index is 12.1. The van der Waals surface area contributed by atoms with E-state index in [9.17, 15) is 9.90 Å². The first-order valence-corrected chi connectivity index (χ1v) is 6.75. The van der Waals surface area contributed by atoms with Gasteiger partial charge in [0.25, 0.3) is 5.91 Å². The van der Waals surface area contributed by atoms with E-state index < -0.39 is 0 Å². The van der Waals surface area contributed by atoms with Gasteiger partial charge in [-0.3, -0.25) is 4.79 Å². The molecule has 0 spiro atoms. The van der Waals surface area contributed by atoms with Crippen LogP contribution in [0.1, 0.15) is 15.9 Å². The first-order chi connectivity index (χ1) is 9.51. The van der Waals surface area contributed by atoms with Crippen LogP contribution < -0.4 is 10.1 Å². The third-order valence-corrected chi connectivity index (χ3v) is 3.43. The third-order valence-electron chi connectivity index (χ3n) is 2.81. The number of phenolic OH excluding ortho intramolecular Hbond substituents is 1. The summed E-state index contributed by atoms with van der Waals surface area (Å²) in [5.41, 5.74) is 1.75. The van der Waals surface area contributed by atoms with Gasteiger partial charge in [0.15, 0.2) is 0 Å². The number of halogens is 1. The Kier molecular flexibility index (Phi) is 4.29. The molecular formula is C15H14BrNO3. The van der Waals surface area contributed by atoms with Crippen LogP contribution in [0.25, 0.3) is 0 Å². The zero-order valence-electron chi connectivity index (χ0n) is 11.1. The molecule has 0 radical (unpaired) electrons. The summed E-state index contributed by atoms with van der Waals surface area (Å²) in [6.07, 6.45) is 0. The number of hydrogen-bond acceptors (Lipinski definition) is 3. The van der Waals surface area contributed by atoms with Crippen molar-refractivity contribution < 1.29 is 14.6 Å². The van der Waals surface area contributed by atoms with Crippen molar-refractivity contribution in [3.8, 4) is 11.5 Å². The summed E-state index contributed by atoms with van der Waals surface area (Å²) in [6, 6.07) is 10.1. The molecule has 1 amide bonds. The van der Waals surface area contributed by atoms with Crippen LogP contribution in [0, 0.1) is 6.92 Å². The van der Waals surface area contributed by atoms with Gasteiger partial charge in [0, 0.05) is 5.69 Å². The van der Waals surface area contributed by atoms with Gasteiger partial charge in [0.05, 0.1) is 17.1 Å². The second kappa shape index (κ2) is 5.96. The number of carbonyl (C=O) groups is 1. The van der Waals surface area contributed by atoms with E-state index in [1.807, 2.05) is 6.92 Å². The van der Waals surface area contributed by atoms with E-state index in [0.29, 0.717) is 11.4 Å². The molecule has 0 unspecified atom stereocenters. The lowest BCUT2D eigenvalue weighted by Crippen LogP contribution is -2.12. The van der Waals surface area contributed by atoms with Gasteiger partial charge in [0.1, 0.15) is 11.5 Å². The van der Waals surface area contributed by atoms with Crippen LogP contribution >= 0.6 is 15.9 Å². The summed E-state index contributed by atoms with van der Waals surface area (Å²) in [6.45, 7) is 1.85. The van der Waals surface area contributed by atoms with E-state index in [0.717, 1.165) is 10.0 Å². The Labute approximate surface area is 125 Å². The molecule has 20 heavy (non-hydrogen) atoms. The molecule has 2 aromatic rings. The first kappa shape index (κ1) is 14.4. The molecule has 0 saturated carbocycles. The van der Waals surface area contributed by atoms with Gasteiger partial charge < -0.3 is 15.2 Å². The fourth-order valence-corrected chi connectivity index (χ4v) is 2.32. The average Bonchev–Trinajstić information content (AvgIpc) is 2.38. The summed E-state index contributed by atoms with van der Waals surface area (Å²) >= 11 is 3.35. The van der Waals surface area contributed by atoms with Gasteiger partial charge in [-0.1, -0.05) is 6.07 Å². The van der Waals surface area contributed by atoms with Gasteiger partial charge in [-0.05, 0) is 58.7 Å². The molecule has 4 nitrogen and oxygen atoms in total. The number of nitrogens with one attached hydrogen (secondary N) is 1. The second-order valence-electron chi connectivity index (χ2n) is 4.32. The molecule has 0 aliphatic carbocycles. The van der Waals surface area contributed by atoms with Crippen molar-refractivity contribution in [3.05, 3.63) is 52.0 Å². The largest absolute Gasteiger partial charge is 0.507 e. The summed E-state index contributed by atoms with van der Waals surface area (Å²) < 4.78 is 5.86. The van der Waals surface area contributed by atoms with E-state index in [1.165, 1.54) is 0 Å². The number of aromatic hydroxyl groups is 1. The molecule has 2 N–H and O–H groups in total. The Balaban J connectivity index is 2.21. The minimum absolute atomic E-state index is 0.0323. The summed E-state index contributed by atoms with van der Waals surface area (Å²) in [4.78, 5) is 12.1. The van der Waals surface area contributed by atoms with Crippen molar-refractivity contribution in [1.29, 1.82) is 0 Å². The van der Waals surface area contributed by atoms with Crippen LogP contribution in [0.4, 0.5) is 5.69 Å². The molecule has 0 atom stereocenters. The van der Waals surface area contributed by atoms with Crippen molar-refractivity contribution in [2.45, 2.75) is 6.92 Å². The predicted molar refractivity (Wildman–Crippen MR) is 81.5 cm³/mol. The lowest BCUT2D eigenvalue weighted by Gasteiger charge is -2.09. The Morgan fingerprint density at radius 2 is 2.00 bits per heavy atom. The van der Waals surface area contributed by atoms with Crippen LogP contribution in [0.5, 0.6) is 11.5 Å². The van der Waals surface area contributed by atoms with Crippen LogP contribution in [-0.4, -0.2) is 18.1 Å². The van der Waals surface area contributed by atoms with Crippen molar-refractivity contribution >= 4 is 27.5 Å². The zero-order valence-corrected chi connectivity index (χ0v) is 12.7. The van der Waals surface area contributed by atoms with E-state index >= 15 is 0 Å². The van der Waals surface area contributed by atoms with Gasteiger partial charge in [0.2, 0.25) is 0 Å². The van der Waals surface area contributed by atoms with Crippen LogP contribution in [0.3, 0.4) is 0 Å². The molecule has 0 fully saturated rings. The fraction of sp³-hybridized carbons (Fsp3) is 0.133. The quantitative estimate of drug-likeness (QED) is 0.898. The minimum atomic E-state index is -0.362. The third kappa shape index (κ3) is 3.11. The number of rotatable bonds is 3. The normalized spacial score (nSPS) is 10.2. The summed E-state index contributed by atoms with van der Waals surface area (Å²) in [7, 11) is 1.57. The molecule has 0 aliphatic rings. The zero-order chi connectivity index (χ0) is 14.7. The lowest BCUT2D eigenvalue weighted by molar-refractivity contribution is 0.102. The number of methoxy groups -OCH3 is 1. The maximum absolute atomic E-state index is 12.1. The first-order valence-electron chi connectivity index (χ1n) is 5.96. The Hall–Kier alpha value is -2.01. The van der Waals surface area contributed by atoms with Crippen molar-refractivity contribution in [2.75, 3.05) is 12.4 Å². The monoisotopic (exact) mass is 335 g/mol. The van der Waals surface area contributed by atoms with E-state index in [1.54, 1.807) is 43.5 Å². The predicted octanol–water partition coefficient (Wildman–Crippen LogP) is 3.72. The molecule has 0 heterocycles. The number of amides is 1. The van der Waals surface area contributed by atoms with Crippen molar-refractivity contribution in [2.24, 2.45) is 0 Å². The molecule has 0 aromatic heterocycles. The highest BCUT2D eigenvalue weighted by Gasteiger charge is 2.12. The molecule has 2 aromatic carbocycles. The van der Waals surface area contributed by atoms with E-state index in [2.05, 4.69) is 21.2 Å². The van der Waals surface area contributed by atoms with E-state index in [-0.39, 0.29) is 17.2 Å². The number of carbonyl (C=O) groups excluding carboxylic acids is 1. The molecular weight excluding hydrogens is 322 g/mol. The van der Waals surface area contributed by atoms with Crippen molar-refractivity contribution in [3.63, 3.8) is 0 Å². The topological polar surface area (TPSA) is 58.6 Å². The fourth-order valence-electron chi connectivity index (χ4n) is 1.78. The minimum Gasteiger partial charge on any atom is -0.507 e. The van der Waals surface area contributed by atoms with E-state index in [4.69, 9.17) is 4.74 Å². The number of benzene rings is 2. The van der Waals surface area contributed by atoms with Gasteiger partial charge in [-0.25, -0.2) is 0 Å². The SMILES string of the molecule is COc1ccc(NC(=O)c2ccc(C)cc2O)cc1Br.